The Bertz CT molecular complexity index is 415. The number of rotatable bonds is 28. The van der Waals surface area contributed by atoms with Gasteiger partial charge in [0.2, 0.25) is 0 Å². The van der Waals surface area contributed by atoms with Gasteiger partial charge in [-0.1, -0.05) is 148 Å². The van der Waals surface area contributed by atoms with E-state index in [9.17, 15) is 4.79 Å². The van der Waals surface area contributed by atoms with Crippen LogP contribution in [-0.2, 0) is 9.53 Å². The summed E-state index contributed by atoms with van der Waals surface area (Å²) in [4.78, 5) is 11.8. The molecule has 0 aliphatic heterocycles. The summed E-state index contributed by atoms with van der Waals surface area (Å²) in [6, 6.07) is 0. The highest BCUT2D eigenvalue weighted by molar-refractivity contribution is 5.69. The number of hydrogen-bond acceptors (Lipinski definition) is 2. The first-order chi connectivity index (χ1) is 16.8. The number of ether oxygens (including phenoxy) is 1. The second-order valence-corrected chi connectivity index (χ2v) is 10.4. The molecule has 202 valence electrons. The second-order valence-electron chi connectivity index (χ2n) is 10.4. The molecule has 0 heterocycles. The smallest absolute Gasteiger partial charge is 0.305 e. The van der Waals surface area contributed by atoms with Crippen molar-refractivity contribution in [2.45, 2.75) is 181 Å². The van der Waals surface area contributed by atoms with Crippen molar-refractivity contribution in [3.8, 4) is 0 Å². The van der Waals surface area contributed by atoms with Gasteiger partial charge in [-0.2, -0.15) is 0 Å². The zero-order valence-electron chi connectivity index (χ0n) is 23.6. The molecule has 0 N–H and O–H groups in total. The summed E-state index contributed by atoms with van der Waals surface area (Å²) in [7, 11) is 0. The van der Waals surface area contributed by atoms with Crippen LogP contribution >= 0.6 is 0 Å². The number of unbranched alkanes of at least 4 members (excludes halogenated alkanes) is 22. The zero-order valence-corrected chi connectivity index (χ0v) is 23.6. The lowest BCUT2D eigenvalue weighted by molar-refractivity contribution is -0.143. The van der Waals surface area contributed by atoms with Crippen LogP contribution in [0.4, 0.5) is 0 Å². The van der Waals surface area contributed by atoms with E-state index < -0.39 is 0 Å². The normalized spacial score (nSPS) is 11.5. The molecule has 0 bridgehead atoms. The van der Waals surface area contributed by atoms with Gasteiger partial charge >= 0.3 is 5.97 Å². The number of carbonyl (C=O) groups is 1. The van der Waals surface area contributed by atoms with Gasteiger partial charge in [-0.05, 0) is 38.5 Å². The third-order valence-corrected chi connectivity index (χ3v) is 6.90. The van der Waals surface area contributed by atoms with Gasteiger partial charge in [0, 0.05) is 6.42 Å². The SMILES string of the molecule is CCCCCCCC/C=C/CCCCCCCC(=O)OCCCCCCCCCCCCCC. The predicted octanol–water partition coefficient (Wildman–Crippen LogP) is 11.3. The molecule has 0 atom stereocenters. The van der Waals surface area contributed by atoms with E-state index in [0.29, 0.717) is 13.0 Å². The molecular formula is C32H62O2. The van der Waals surface area contributed by atoms with Gasteiger partial charge in [-0.25, -0.2) is 0 Å². The van der Waals surface area contributed by atoms with Crippen LogP contribution in [0.25, 0.3) is 0 Å². The van der Waals surface area contributed by atoms with E-state index in [-0.39, 0.29) is 5.97 Å². The Morgan fingerprint density at radius 3 is 1.26 bits per heavy atom. The van der Waals surface area contributed by atoms with Crippen molar-refractivity contribution in [1.82, 2.24) is 0 Å². The van der Waals surface area contributed by atoms with E-state index in [1.165, 1.54) is 141 Å². The third-order valence-electron chi connectivity index (χ3n) is 6.90. The summed E-state index contributed by atoms with van der Waals surface area (Å²) in [5.41, 5.74) is 0. The third kappa shape index (κ3) is 29.2. The Kier molecular flexibility index (Phi) is 29.5. The Labute approximate surface area is 215 Å². The molecule has 0 radical (unpaired) electrons. The topological polar surface area (TPSA) is 26.3 Å². The number of esters is 1. The average Bonchev–Trinajstić information content (AvgIpc) is 2.84. The first-order valence-corrected chi connectivity index (χ1v) is 15.6. The molecule has 0 aliphatic carbocycles. The Balaban J connectivity index is 3.19. The van der Waals surface area contributed by atoms with E-state index in [1.807, 2.05) is 0 Å². The summed E-state index contributed by atoms with van der Waals surface area (Å²) >= 11 is 0. The molecule has 2 nitrogen and oxygen atoms in total. The first kappa shape index (κ1) is 33.2. The maximum absolute atomic E-state index is 11.8. The lowest BCUT2D eigenvalue weighted by Gasteiger charge is -2.05. The molecule has 0 saturated heterocycles. The van der Waals surface area contributed by atoms with Gasteiger partial charge in [0.25, 0.3) is 0 Å². The van der Waals surface area contributed by atoms with Gasteiger partial charge in [0.1, 0.15) is 0 Å². The molecular weight excluding hydrogens is 416 g/mol. The van der Waals surface area contributed by atoms with E-state index in [4.69, 9.17) is 4.74 Å². The van der Waals surface area contributed by atoms with Crippen LogP contribution in [0.3, 0.4) is 0 Å². The lowest BCUT2D eigenvalue weighted by atomic mass is 10.1. The maximum Gasteiger partial charge on any atom is 0.305 e. The minimum Gasteiger partial charge on any atom is -0.466 e. The lowest BCUT2D eigenvalue weighted by Crippen LogP contribution is -2.05. The summed E-state index contributed by atoms with van der Waals surface area (Å²) in [5, 5.41) is 0. The minimum absolute atomic E-state index is 0.0145. The van der Waals surface area contributed by atoms with Crippen LogP contribution in [-0.4, -0.2) is 12.6 Å². The molecule has 0 aromatic rings. The fourth-order valence-electron chi connectivity index (χ4n) is 4.54. The van der Waals surface area contributed by atoms with Gasteiger partial charge < -0.3 is 4.74 Å². The molecule has 0 aromatic heterocycles. The molecule has 0 aliphatic rings. The monoisotopic (exact) mass is 478 g/mol. The quantitative estimate of drug-likeness (QED) is 0.0634. The maximum atomic E-state index is 11.8. The fraction of sp³-hybridized carbons (Fsp3) is 0.906. The predicted molar refractivity (Wildman–Crippen MR) is 151 cm³/mol. The molecule has 0 amide bonds. The van der Waals surface area contributed by atoms with Crippen LogP contribution in [0.1, 0.15) is 181 Å². The largest absolute Gasteiger partial charge is 0.466 e. The van der Waals surface area contributed by atoms with Crippen LogP contribution in [0.5, 0.6) is 0 Å². The van der Waals surface area contributed by atoms with E-state index >= 15 is 0 Å². The molecule has 0 fully saturated rings. The summed E-state index contributed by atoms with van der Waals surface area (Å²) < 4.78 is 5.40. The number of hydrogen-bond donors (Lipinski definition) is 0. The highest BCUT2D eigenvalue weighted by atomic mass is 16.5. The standard InChI is InChI=1S/C32H62O2/c1-3-5-7-9-11-13-15-17-18-19-20-22-24-26-28-30-32(33)34-31-29-27-25-23-21-16-14-12-10-8-6-4-2/h17-18H,3-16,19-31H2,1-2H3/b18-17+. The van der Waals surface area contributed by atoms with E-state index in [1.54, 1.807) is 0 Å². The number of carbonyl (C=O) groups excluding carboxylic acids is 1. The molecule has 0 rings (SSSR count). The average molecular weight is 479 g/mol. The highest BCUT2D eigenvalue weighted by Crippen LogP contribution is 2.13. The van der Waals surface area contributed by atoms with Crippen molar-refractivity contribution < 1.29 is 9.53 Å². The van der Waals surface area contributed by atoms with Crippen molar-refractivity contribution in [1.29, 1.82) is 0 Å². The Morgan fingerprint density at radius 2 is 0.824 bits per heavy atom. The molecule has 0 spiro atoms. The van der Waals surface area contributed by atoms with Crippen molar-refractivity contribution in [2.75, 3.05) is 6.61 Å². The summed E-state index contributed by atoms with van der Waals surface area (Å²) in [6.45, 7) is 5.18. The molecule has 34 heavy (non-hydrogen) atoms. The van der Waals surface area contributed by atoms with Crippen molar-refractivity contribution in [2.24, 2.45) is 0 Å². The van der Waals surface area contributed by atoms with Crippen LogP contribution in [0, 0.1) is 0 Å². The Morgan fingerprint density at radius 1 is 0.471 bits per heavy atom. The van der Waals surface area contributed by atoms with Gasteiger partial charge in [-0.15, -0.1) is 0 Å². The minimum atomic E-state index is 0.0145. The molecule has 0 aromatic carbocycles. The van der Waals surface area contributed by atoms with Gasteiger partial charge in [0.05, 0.1) is 6.61 Å². The van der Waals surface area contributed by atoms with Crippen LogP contribution in [0.2, 0.25) is 0 Å². The van der Waals surface area contributed by atoms with Crippen molar-refractivity contribution in [3.05, 3.63) is 12.2 Å². The van der Waals surface area contributed by atoms with Crippen molar-refractivity contribution >= 4 is 5.97 Å². The van der Waals surface area contributed by atoms with Gasteiger partial charge in [0.15, 0.2) is 0 Å². The molecule has 0 saturated carbocycles. The van der Waals surface area contributed by atoms with E-state index in [0.717, 1.165) is 19.3 Å². The summed E-state index contributed by atoms with van der Waals surface area (Å²) in [5.74, 6) is 0.0145. The summed E-state index contributed by atoms with van der Waals surface area (Å²) in [6.07, 6.45) is 38.2. The van der Waals surface area contributed by atoms with Gasteiger partial charge in [-0.3, -0.25) is 4.79 Å². The van der Waals surface area contributed by atoms with Crippen LogP contribution in [0.15, 0.2) is 12.2 Å². The Hall–Kier alpha value is -0.790. The van der Waals surface area contributed by atoms with Crippen molar-refractivity contribution in [3.63, 3.8) is 0 Å². The zero-order chi connectivity index (χ0) is 24.8. The first-order valence-electron chi connectivity index (χ1n) is 15.6. The second kappa shape index (κ2) is 30.2. The molecule has 0 unspecified atom stereocenters. The highest BCUT2D eigenvalue weighted by Gasteiger charge is 2.02. The van der Waals surface area contributed by atoms with E-state index in [2.05, 4.69) is 26.0 Å². The number of allylic oxidation sites excluding steroid dienone is 2. The van der Waals surface area contributed by atoms with Crippen LogP contribution < -0.4 is 0 Å². The molecule has 2 heteroatoms. The fourth-order valence-corrected chi connectivity index (χ4v) is 4.54.